The van der Waals surface area contributed by atoms with Crippen molar-refractivity contribution in [3.05, 3.63) is 78.2 Å². The Morgan fingerprint density at radius 1 is 1.00 bits per heavy atom. The van der Waals surface area contributed by atoms with Gasteiger partial charge in [0.15, 0.2) is 5.78 Å². The number of nitrogens with one attached hydrogen (secondary N) is 2. The third-order valence-electron chi connectivity index (χ3n) is 6.55. The average Bonchev–Trinajstić information content (AvgIpc) is 3.30. The number of fused-ring (bicyclic) bond motifs is 1. The lowest BCUT2D eigenvalue weighted by atomic mass is 9.83. The predicted octanol–water partition coefficient (Wildman–Crippen LogP) is 5.93. The van der Waals surface area contributed by atoms with Crippen LogP contribution in [0.15, 0.2) is 67.1 Å². The normalized spacial score (nSPS) is 17.7. The van der Waals surface area contributed by atoms with E-state index in [9.17, 15) is 9.59 Å². The molecule has 2 aromatic carbocycles. The maximum absolute atomic E-state index is 13.5. The second-order valence-electron chi connectivity index (χ2n) is 9.19. The minimum Gasteiger partial charge on any atom is -0.457 e. The fraction of sp³-hybridized carbons (Fsp3) is 0.286. The Labute approximate surface area is 204 Å². The second kappa shape index (κ2) is 10.1. The lowest BCUT2D eigenvalue weighted by Crippen LogP contribution is -2.27. The minimum absolute atomic E-state index is 0.127. The zero-order chi connectivity index (χ0) is 24.2. The number of carbonyl (C=O) groups excluding carboxylic acids is 2. The van der Waals surface area contributed by atoms with Gasteiger partial charge in [-0.25, -0.2) is 9.97 Å². The van der Waals surface area contributed by atoms with Crippen LogP contribution in [0.1, 0.15) is 54.9 Å². The number of ether oxygens (including phenoxy) is 1. The van der Waals surface area contributed by atoms with Crippen LogP contribution in [0.3, 0.4) is 0 Å². The average molecular weight is 469 g/mol. The highest BCUT2D eigenvalue weighted by Gasteiger charge is 2.24. The molecule has 0 unspecified atom stereocenters. The van der Waals surface area contributed by atoms with Crippen molar-refractivity contribution in [2.24, 2.45) is 5.92 Å². The molecule has 1 fully saturated rings. The van der Waals surface area contributed by atoms with Crippen molar-refractivity contribution >= 4 is 28.4 Å². The molecule has 0 radical (unpaired) electrons. The van der Waals surface area contributed by atoms with E-state index < -0.39 is 0 Å². The Hall–Kier alpha value is -4.00. The number of benzene rings is 2. The molecule has 0 saturated heterocycles. The van der Waals surface area contributed by atoms with E-state index in [1.165, 1.54) is 6.33 Å². The number of para-hydroxylation sites is 1. The number of carbonyl (C=O) groups is 2. The molecule has 4 aromatic rings. The molecule has 0 bridgehead atoms. The first-order valence-electron chi connectivity index (χ1n) is 12.0. The molecule has 1 aliphatic rings. The van der Waals surface area contributed by atoms with Crippen molar-refractivity contribution in [3.63, 3.8) is 0 Å². The highest BCUT2D eigenvalue weighted by molar-refractivity contribution is 6.18. The molecule has 5 rings (SSSR count). The fourth-order valence-electron chi connectivity index (χ4n) is 4.84. The molecule has 0 aliphatic heterocycles. The third kappa shape index (κ3) is 5.24. The first-order chi connectivity index (χ1) is 17.1. The van der Waals surface area contributed by atoms with Gasteiger partial charge in [0.05, 0.1) is 10.9 Å². The van der Waals surface area contributed by atoms with Gasteiger partial charge in [-0.2, -0.15) is 0 Å². The Bertz CT molecular complexity index is 1340. The van der Waals surface area contributed by atoms with E-state index in [4.69, 9.17) is 4.74 Å². The summed E-state index contributed by atoms with van der Waals surface area (Å²) in [4.78, 5) is 36.9. The number of Topliss-reactive ketones (excluding diaryl/α,β-unsaturated/α-hetero) is 1. The molecule has 2 aromatic heterocycles. The van der Waals surface area contributed by atoms with Crippen LogP contribution >= 0.6 is 0 Å². The van der Waals surface area contributed by atoms with Gasteiger partial charge in [0.25, 0.3) is 0 Å². The number of anilines is 1. The Balaban J connectivity index is 1.36. The summed E-state index contributed by atoms with van der Waals surface area (Å²) in [6, 6.07) is 16.9. The second-order valence-corrected chi connectivity index (χ2v) is 9.19. The zero-order valence-electron chi connectivity index (χ0n) is 19.7. The van der Waals surface area contributed by atoms with Crippen LogP contribution in [0.25, 0.3) is 11.0 Å². The summed E-state index contributed by atoms with van der Waals surface area (Å²) in [6.07, 6.45) is 7.82. The highest BCUT2D eigenvalue weighted by atomic mass is 16.5. The van der Waals surface area contributed by atoms with E-state index in [1.807, 2.05) is 42.5 Å². The number of hydrogen-bond donors (Lipinski definition) is 2. The Morgan fingerprint density at radius 2 is 1.77 bits per heavy atom. The van der Waals surface area contributed by atoms with E-state index in [1.54, 1.807) is 25.3 Å². The molecular weight excluding hydrogens is 440 g/mol. The number of hydrogen-bond acceptors (Lipinski definition) is 6. The monoisotopic (exact) mass is 468 g/mol. The van der Waals surface area contributed by atoms with Crippen LogP contribution in [0.2, 0.25) is 0 Å². The molecule has 1 saturated carbocycles. The van der Waals surface area contributed by atoms with Gasteiger partial charge < -0.3 is 19.8 Å². The van der Waals surface area contributed by atoms with Crippen molar-refractivity contribution in [2.45, 2.75) is 45.1 Å². The summed E-state index contributed by atoms with van der Waals surface area (Å²) < 4.78 is 5.91. The molecule has 0 atom stereocenters. The molecular formula is C28H28N4O3. The smallest absolute Gasteiger partial charge is 0.195 e. The first-order valence-corrected chi connectivity index (χ1v) is 12.0. The van der Waals surface area contributed by atoms with Crippen LogP contribution in [-0.4, -0.2) is 32.6 Å². The molecule has 2 N–H and O–H groups in total. The van der Waals surface area contributed by atoms with Crippen molar-refractivity contribution in [2.75, 3.05) is 5.32 Å². The Morgan fingerprint density at radius 3 is 2.54 bits per heavy atom. The number of aromatic amines is 1. The van der Waals surface area contributed by atoms with Crippen LogP contribution in [0.4, 0.5) is 5.82 Å². The molecule has 35 heavy (non-hydrogen) atoms. The standard InChI is InChI=1S/C28H28N4O3/c1-18(33)14-19-10-12-21(13-11-19)32-28-25-24(16-29-27(25)30-17-31-28)26(34)20-6-5-9-23(15-20)35-22-7-3-2-4-8-22/h2-9,15-17,19,21H,10-14H2,1H3,(H2,29,30,31,32). The number of ketones is 2. The number of rotatable bonds is 8. The van der Waals surface area contributed by atoms with Gasteiger partial charge in [-0.15, -0.1) is 0 Å². The number of H-pyrrole nitrogens is 1. The van der Waals surface area contributed by atoms with Crippen LogP contribution < -0.4 is 10.1 Å². The van der Waals surface area contributed by atoms with Gasteiger partial charge in [0.1, 0.15) is 35.1 Å². The lowest BCUT2D eigenvalue weighted by molar-refractivity contribution is -0.118. The van der Waals surface area contributed by atoms with E-state index >= 15 is 0 Å². The van der Waals surface area contributed by atoms with Crippen LogP contribution in [0, 0.1) is 5.92 Å². The van der Waals surface area contributed by atoms with Crippen molar-refractivity contribution in [3.8, 4) is 11.5 Å². The van der Waals surface area contributed by atoms with Gasteiger partial charge in [0, 0.05) is 24.2 Å². The fourth-order valence-corrected chi connectivity index (χ4v) is 4.84. The number of nitrogens with zero attached hydrogens (tertiary/aromatic N) is 2. The SMILES string of the molecule is CC(=O)CC1CCC(Nc2ncnc3[nH]cc(C(=O)c4cccc(Oc5ccccc5)c4)c23)CC1. The van der Waals surface area contributed by atoms with Crippen LogP contribution in [-0.2, 0) is 4.79 Å². The third-order valence-corrected chi connectivity index (χ3v) is 6.55. The van der Waals surface area contributed by atoms with Gasteiger partial charge in [-0.05, 0) is 62.8 Å². The topological polar surface area (TPSA) is 97.0 Å². The lowest BCUT2D eigenvalue weighted by Gasteiger charge is -2.29. The quantitative estimate of drug-likeness (QED) is 0.311. The summed E-state index contributed by atoms with van der Waals surface area (Å²) in [5.74, 6) is 2.56. The maximum atomic E-state index is 13.5. The first kappa shape index (κ1) is 22.8. The molecule has 0 amide bonds. The molecule has 7 nitrogen and oxygen atoms in total. The highest BCUT2D eigenvalue weighted by Crippen LogP contribution is 2.32. The Kier molecular flexibility index (Phi) is 6.57. The number of aromatic nitrogens is 3. The zero-order valence-corrected chi connectivity index (χ0v) is 19.7. The molecule has 7 heteroatoms. The summed E-state index contributed by atoms with van der Waals surface area (Å²) in [7, 11) is 0. The van der Waals surface area contributed by atoms with E-state index in [-0.39, 0.29) is 17.6 Å². The summed E-state index contributed by atoms with van der Waals surface area (Å²) >= 11 is 0. The van der Waals surface area contributed by atoms with Gasteiger partial charge in [-0.3, -0.25) is 4.79 Å². The van der Waals surface area contributed by atoms with Crippen molar-refractivity contribution < 1.29 is 14.3 Å². The largest absolute Gasteiger partial charge is 0.457 e. The molecule has 2 heterocycles. The van der Waals surface area contributed by atoms with Gasteiger partial charge in [0.2, 0.25) is 0 Å². The molecule has 178 valence electrons. The molecule has 0 spiro atoms. The van der Waals surface area contributed by atoms with Gasteiger partial charge in [-0.1, -0.05) is 30.3 Å². The summed E-state index contributed by atoms with van der Waals surface area (Å²) in [5.41, 5.74) is 1.66. The van der Waals surface area contributed by atoms with Crippen molar-refractivity contribution in [1.29, 1.82) is 0 Å². The van der Waals surface area contributed by atoms with E-state index in [0.717, 1.165) is 25.7 Å². The molecule has 1 aliphatic carbocycles. The minimum atomic E-state index is -0.127. The summed E-state index contributed by atoms with van der Waals surface area (Å²) in [6.45, 7) is 1.66. The van der Waals surface area contributed by atoms with E-state index in [0.29, 0.717) is 51.8 Å². The predicted molar refractivity (Wildman–Crippen MR) is 135 cm³/mol. The summed E-state index contributed by atoms with van der Waals surface area (Å²) in [5, 5.41) is 4.23. The van der Waals surface area contributed by atoms with Gasteiger partial charge >= 0.3 is 0 Å². The van der Waals surface area contributed by atoms with Crippen molar-refractivity contribution in [1.82, 2.24) is 15.0 Å². The van der Waals surface area contributed by atoms with E-state index in [2.05, 4.69) is 20.3 Å². The van der Waals surface area contributed by atoms with Crippen LogP contribution in [0.5, 0.6) is 11.5 Å². The maximum Gasteiger partial charge on any atom is 0.195 e.